The van der Waals surface area contributed by atoms with Crippen LogP contribution in [0.3, 0.4) is 0 Å². The first-order chi connectivity index (χ1) is 17.5. The Kier molecular flexibility index (Phi) is 8.74. The van der Waals surface area contributed by atoms with E-state index in [0.29, 0.717) is 13.0 Å². The fourth-order valence-corrected chi connectivity index (χ4v) is 4.57. The number of hydrogen-bond acceptors (Lipinski definition) is 4. The standard InChI is InChI=1S/C30H35N3O3/c1-3-28(30(35)31-26-13-15-27(16-14-26)32-17-19-36-20-18-32)33(22-25-12-8-7-9-23(25)2)29(34)21-24-10-5-4-6-11-24/h4-16,28H,3,17-22H2,1-2H3,(H,31,35). The van der Waals surface area contributed by atoms with Crippen molar-refractivity contribution in [3.05, 3.63) is 95.6 Å². The summed E-state index contributed by atoms with van der Waals surface area (Å²) < 4.78 is 5.43. The number of anilines is 2. The maximum atomic E-state index is 13.5. The molecule has 3 aromatic rings. The summed E-state index contributed by atoms with van der Waals surface area (Å²) >= 11 is 0. The van der Waals surface area contributed by atoms with Crippen molar-refractivity contribution < 1.29 is 14.3 Å². The molecule has 1 heterocycles. The van der Waals surface area contributed by atoms with Crippen LogP contribution in [0.25, 0.3) is 0 Å². The molecule has 1 atom stereocenters. The minimum absolute atomic E-state index is 0.0610. The SMILES string of the molecule is CCC(C(=O)Nc1ccc(N2CCOCC2)cc1)N(Cc1ccccc1C)C(=O)Cc1ccccc1. The molecule has 4 rings (SSSR count). The van der Waals surface area contributed by atoms with Gasteiger partial charge in [0.15, 0.2) is 0 Å². The van der Waals surface area contributed by atoms with E-state index in [0.717, 1.165) is 54.4 Å². The Balaban J connectivity index is 1.51. The molecule has 36 heavy (non-hydrogen) atoms. The van der Waals surface area contributed by atoms with Gasteiger partial charge in [0.25, 0.3) is 0 Å². The number of morpholine rings is 1. The zero-order chi connectivity index (χ0) is 25.3. The topological polar surface area (TPSA) is 61.9 Å². The van der Waals surface area contributed by atoms with Gasteiger partial charge >= 0.3 is 0 Å². The van der Waals surface area contributed by atoms with Crippen molar-refractivity contribution in [3.8, 4) is 0 Å². The van der Waals surface area contributed by atoms with E-state index in [1.165, 1.54) is 0 Å². The van der Waals surface area contributed by atoms with Gasteiger partial charge in [-0.15, -0.1) is 0 Å². The summed E-state index contributed by atoms with van der Waals surface area (Å²) in [4.78, 5) is 31.0. The lowest BCUT2D eigenvalue weighted by Gasteiger charge is -2.31. The van der Waals surface area contributed by atoms with Crippen LogP contribution >= 0.6 is 0 Å². The monoisotopic (exact) mass is 485 g/mol. The van der Waals surface area contributed by atoms with Gasteiger partial charge in [0, 0.05) is 31.0 Å². The molecule has 0 bridgehead atoms. The molecule has 1 aliphatic heterocycles. The molecule has 1 saturated heterocycles. The molecule has 0 saturated carbocycles. The second-order valence-corrected chi connectivity index (χ2v) is 9.17. The molecular weight excluding hydrogens is 450 g/mol. The van der Waals surface area contributed by atoms with Crippen molar-refractivity contribution in [2.45, 2.75) is 39.3 Å². The molecule has 1 fully saturated rings. The first kappa shape index (κ1) is 25.5. The molecule has 0 aliphatic carbocycles. The van der Waals surface area contributed by atoms with Gasteiger partial charge in [-0.1, -0.05) is 61.5 Å². The van der Waals surface area contributed by atoms with E-state index in [1.54, 1.807) is 4.90 Å². The van der Waals surface area contributed by atoms with E-state index < -0.39 is 6.04 Å². The van der Waals surface area contributed by atoms with Gasteiger partial charge in [0.2, 0.25) is 11.8 Å². The number of nitrogens with one attached hydrogen (secondary N) is 1. The van der Waals surface area contributed by atoms with Gasteiger partial charge < -0.3 is 19.9 Å². The number of nitrogens with zero attached hydrogens (tertiary/aromatic N) is 2. The van der Waals surface area contributed by atoms with E-state index in [-0.39, 0.29) is 18.2 Å². The van der Waals surface area contributed by atoms with Gasteiger partial charge in [0.1, 0.15) is 6.04 Å². The summed E-state index contributed by atoms with van der Waals surface area (Å²) in [5.41, 5.74) is 4.92. The fraction of sp³-hybridized carbons (Fsp3) is 0.333. The summed E-state index contributed by atoms with van der Waals surface area (Å²) in [6.07, 6.45) is 0.773. The van der Waals surface area contributed by atoms with Gasteiger partial charge in [-0.25, -0.2) is 0 Å². The number of hydrogen-bond donors (Lipinski definition) is 1. The second-order valence-electron chi connectivity index (χ2n) is 9.17. The second kappa shape index (κ2) is 12.4. The molecule has 0 aromatic heterocycles. The van der Waals surface area contributed by atoms with Crippen LogP contribution in [-0.2, 0) is 27.3 Å². The highest BCUT2D eigenvalue weighted by atomic mass is 16.5. The van der Waals surface area contributed by atoms with E-state index in [9.17, 15) is 9.59 Å². The molecular formula is C30H35N3O3. The largest absolute Gasteiger partial charge is 0.378 e. The van der Waals surface area contributed by atoms with Gasteiger partial charge in [-0.2, -0.15) is 0 Å². The van der Waals surface area contributed by atoms with Crippen molar-refractivity contribution in [1.29, 1.82) is 0 Å². The van der Waals surface area contributed by atoms with E-state index >= 15 is 0 Å². The highest BCUT2D eigenvalue weighted by Gasteiger charge is 2.29. The normalized spacial score (nSPS) is 14.2. The third kappa shape index (κ3) is 6.52. The van der Waals surface area contributed by atoms with Crippen molar-refractivity contribution in [1.82, 2.24) is 4.90 Å². The average Bonchev–Trinajstić information content (AvgIpc) is 2.91. The molecule has 6 heteroatoms. The molecule has 6 nitrogen and oxygen atoms in total. The molecule has 0 radical (unpaired) electrons. The molecule has 1 unspecified atom stereocenters. The smallest absolute Gasteiger partial charge is 0.247 e. The number of ether oxygens (including phenoxy) is 1. The van der Waals surface area contributed by atoms with Crippen LogP contribution in [0.5, 0.6) is 0 Å². The Morgan fingerprint density at radius 2 is 1.61 bits per heavy atom. The van der Waals surface area contributed by atoms with Crippen molar-refractivity contribution in [2.24, 2.45) is 0 Å². The molecule has 3 aromatic carbocycles. The zero-order valence-corrected chi connectivity index (χ0v) is 21.2. The quantitative estimate of drug-likeness (QED) is 0.472. The minimum atomic E-state index is -0.584. The van der Waals surface area contributed by atoms with Gasteiger partial charge in [0.05, 0.1) is 19.6 Å². The predicted octanol–water partition coefficient (Wildman–Crippen LogP) is 4.82. The lowest BCUT2D eigenvalue weighted by molar-refractivity contribution is -0.139. The minimum Gasteiger partial charge on any atom is -0.378 e. The first-order valence-electron chi connectivity index (χ1n) is 12.7. The molecule has 1 aliphatic rings. The Hall–Kier alpha value is -3.64. The average molecular weight is 486 g/mol. The summed E-state index contributed by atoms with van der Waals surface area (Å²) in [5.74, 6) is -0.235. The summed E-state index contributed by atoms with van der Waals surface area (Å²) in [6, 6.07) is 25.0. The third-order valence-electron chi connectivity index (χ3n) is 6.70. The Labute approximate surface area is 213 Å². The van der Waals surface area contributed by atoms with Crippen LogP contribution in [0.4, 0.5) is 11.4 Å². The molecule has 2 amide bonds. The number of amides is 2. The van der Waals surface area contributed by atoms with E-state index in [2.05, 4.69) is 10.2 Å². The van der Waals surface area contributed by atoms with Crippen molar-refractivity contribution in [3.63, 3.8) is 0 Å². The van der Waals surface area contributed by atoms with Gasteiger partial charge in [-0.05, 0) is 54.3 Å². The third-order valence-corrected chi connectivity index (χ3v) is 6.70. The first-order valence-corrected chi connectivity index (χ1v) is 12.7. The van der Waals surface area contributed by atoms with E-state index in [4.69, 9.17) is 4.74 Å². The highest BCUT2D eigenvalue weighted by molar-refractivity contribution is 5.97. The number of carbonyl (C=O) groups is 2. The maximum absolute atomic E-state index is 13.5. The lowest BCUT2D eigenvalue weighted by Crippen LogP contribution is -2.47. The Morgan fingerprint density at radius 1 is 0.944 bits per heavy atom. The van der Waals surface area contributed by atoms with Crippen LogP contribution in [0.1, 0.15) is 30.0 Å². The highest BCUT2D eigenvalue weighted by Crippen LogP contribution is 2.21. The van der Waals surface area contributed by atoms with E-state index in [1.807, 2.05) is 92.7 Å². The Morgan fingerprint density at radius 3 is 2.28 bits per heavy atom. The predicted molar refractivity (Wildman–Crippen MR) is 144 cm³/mol. The number of benzene rings is 3. The van der Waals surface area contributed by atoms with Crippen LogP contribution in [0.15, 0.2) is 78.9 Å². The summed E-state index contributed by atoms with van der Waals surface area (Å²) in [6.45, 7) is 7.55. The molecule has 1 N–H and O–H groups in total. The zero-order valence-electron chi connectivity index (χ0n) is 21.2. The molecule has 188 valence electrons. The van der Waals surface area contributed by atoms with Crippen LogP contribution < -0.4 is 10.2 Å². The fourth-order valence-electron chi connectivity index (χ4n) is 4.57. The van der Waals surface area contributed by atoms with Crippen LogP contribution in [0, 0.1) is 6.92 Å². The maximum Gasteiger partial charge on any atom is 0.247 e. The van der Waals surface area contributed by atoms with Crippen molar-refractivity contribution in [2.75, 3.05) is 36.5 Å². The number of rotatable bonds is 9. The number of aryl methyl sites for hydroxylation is 1. The molecule has 0 spiro atoms. The van der Waals surface area contributed by atoms with Crippen LogP contribution in [0.2, 0.25) is 0 Å². The Bertz CT molecular complexity index is 1140. The number of carbonyl (C=O) groups excluding carboxylic acids is 2. The van der Waals surface area contributed by atoms with Gasteiger partial charge in [-0.3, -0.25) is 9.59 Å². The lowest BCUT2D eigenvalue weighted by atomic mass is 10.0. The summed E-state index contributed by atoms with van der Waals surface area (Å²) in [5, 5.41) is 3.05. The van der Waals surface area contributed by atoms with Crippen LogP contribution in [-0.4, -0.2) is 49.1 Å². The summed E-state index contributed by atoms with van der Waals surface area (Å²) in [7, 11) is 0. The van der Waals surface area contributed by atoms with Crippen molar-refractivity contribution >= 4 is 23.2 Å².